The molecule has 2 aromatic rings. The summed E-state index contributed by atoms with van der Waals surface area (Å²) < 4.78 is 11.2. The lowest BCUT2D eigenvalue weighted by molar-refractivity contribution is 0.284. The molecule has 2 aromatic carbocycles. The van der Waals surface area contributed by atoms with Gasteiger partial charge in [-0.25, -0.2) is 0 Å². The van der Waals surface area contributed by atoms with E-state index in [1.54, 1.807) is 30.5 Å². The summed E-state index contributed by atoms with van der Waals surface area (Å²) in [4.78, 5) is 0. The number of benzene rings is 2. The van der Waals surface area contributed by atoms with Crippen molar-refractivity contribution < 1.29 is 9.47 Å². The molecule has 24 heavy (non-hydrogen) atoms. The fraction of sp³-hybridized carbons (Fsp3) is 0.235. The lowest BCUT2D eigenvalue weighted by Gasteiger charge is -2.13. The fourth-order valence-corrected chi connectivity index (χ4v) is 2.57. The minimum absolute atomic E-state index is 0.180. The summed E-state index contributed by atoms with van der Waals surface area (Å²) in [6.07, 6.45) is 1.73. The van der Waals surface area contributed by atoms with Gasteiger partial charge in [-0.2, -0.15) is 5.10 Å². The molecule has 0 aliphatic rings. The van der Waals surface area contributed by atoms with Gasteiger partial charge in [-0.1, -0.05) is 34.8 Å². The molecule has 0 bridgehead atoms. The van der Waals surface area contributed by atoms with E-state index in [-0.39, 0.29) is 6.61 Å². The Morgan fingerprint density at radius 3 is 2.42 bits per heavy atom. The summed E-state index contributed by atoms with van der Waals surface area (Å²) in [5.41, 5.74) is 1.53. The van der Waals surface area contributed by atoms with Gasteiger partial charge in [0.2, 0.25) is 0 Å². The van der Waals surface area contributed by atoms with Crippen LogP contribution < -0.4 is 9.47 Å². The van der Waals surface area contributed by atoms with Crippen molar-refractivity contribution in [2.24, 2.45) is 5.10 Å². The van der Waals surface area contributed by atoms with Gasteiger partial charge in [-0.3, -0.25) is 0 Å². The average Bonchev–Trinajstić information content (AvgIpc) is 2.56. The van der Waals surface area contributed by atoms with Crippen LogP contribution in [0, 0.1) is 0 Å². The van der Waals surface area contributed by atoms with Crippen LogP contribution in [-0.2, 0) is 6.61 Å². The van der Waals surface area contributed by atoms with Gasteiger partial charge in [0.15, 0.2) is 11.5 Å². The summed E-state index contributed by atoms with van der Waals surface area (Å²) in [7, 11) is 5.28. The number of hydrogen-bond donors (Lipinski definition) is 0. The Bertz CT molecular complexity index is 749. The van der Waals surface area contributed by atoms with Crippen molar-refractivity contribution >= 4 is 41.0 Å². The minimum Gasteiger partial charge on any atom is -0.493 e. The van der Waals surface area contributed by atoms with E-state index in [0.717, 1.165) is 5.56 Å². The van der Waals surface area contributed by atoms with E-state index in [1.807, 2.05) is 32.3 Å². The highest BCUT2D eigenvalue weighted by Gasteiger charge is 2.12. The predicted octanol–water partition coefficient (Wildman–Crippen LogP) is 5.13. The molecular weight excluding hydrogens is 371 g/mol. The van der Waals surface area contributed by atoms with Gasteiger partial charge in [0.25, 0.3) is 0 Å². The number of ether oxygens (including phenoxy) is 2. The third-order valence-electron chi connectivity index (χ3n) is 3.14. The second-order valence-corrected chi connectivity index (χ2v) is 6.30. The predicted molar refractivity (Wildman–Crippen MR) is 100 cm³/mol. The van der Waals surface area contributed by atoms with Gasteiger partial charge in [-0.05, 0) is 35.9 Å². The number of halogens is 3. The van der Waals surface area contributed by atoms with E-state index in [0.29, 0.717) is 32.1 Å². The molecule has 0 spiro atoms. The molecular formula is C17H17Cl3N2O2. The van der Waals surface area contributed by atoms with Crippen molar-refractivity contribution in [2.75, 3.05) is 21.2 Å². The number of hydrazone groups is 1. The lowest BCUT2D eigenvalue weighted by Crippen LogP contribution is -2.02. The van der Waals surface area contributed by atoms with Crippen molar-refractivity contribution in [1.82, 2.24) is 5.01 Å². The van der Waals surface area contributed by atoms with E-state index in [1.165, 1.54) is 0 Å². The summed E-state index contributed by atoms with van der Waals surface area (Å²) in [5.74, 6) is 1.17. The van der Waals surface area contributed by atoms with E-state index < -0.39 is 0 Å². The molecule has 4 nitrogen and oxygen atoms in total. The van der Waals surface area contributed by atoms with Crippen molar-refractivity contribution in [1.29, 1.82) is 0 Å². The monoisotopic (exact) mass is 386 g/mol. The normalized spacial score (nSPS) is 10.9. The molecule has 0 saturated carbocycles. The first-order valence-corrected chi connectivity index (χ1v) is 8.20. The zero-order valence-electron chi connectivity index (χ0n) is 13.5. The quantitative estimate of drug-likeness (QED) is 0.391. The Hall–Kier alpha value is -1.62. The molecule has 0 radical (unpaired) electrons. The lowest BCUT2D eigenvalue weighted by atomic mass is 10.2. The molecule has 0 heterocycles. The van der Waals surface area contributed by atoms with E-state index in [2.05, 4.69) is 5.10 Å². The van der Waals surface area contributed by atoms with E-state index in [9.17, 15) is 0 Å². The van der Waals surface area contributed by atoms with Crippen LogP contribution >= 0.6 is 34.8 Å². The van der Waals surface area contributed by atoms with Crippen LogP contribution in [0.1, 0.15) is 11.1 Å². The topological polar surface area (TPSA) is 34.1 Å². The average molecular weight is 388 g/mol. The Morgan fingerprint density at radius 1 is 1.04 bits per heavy atom. The SMILES string of the molecule is COc1cc(/C=N/N(C)C)ccc1OCc1c(Cl)ccc(Cl)c1Cl. The molecule has 0 aliphatic carbocycles. The highest BCUT2D eigenvalue weighted by atomic mass is 35.5. The Morgan fingerprint density at radius 2 is 1.75 bits per heavy atom. The maximum Gasteiger partial charge on any atom is 0.161 e. The standard InChI is InChI=1S/C17H17Cl3N2O2/c1-22(2)21-9-11-4-7-15(16(8-11)23-3)24-10-12-13(18)5-6-14(19)17(12)20/h4-9H,10H2,1-3H3/b21-9+. The first-order chi connectivity index (χ1) is 11.4. The molecule has 0 saturated heterocycles. The molecule has 128 valence electrons. The van der Waals surface area contributed by atoms with Gasteiger partial charge >= 0.3 is 0 Å². The first-order valence-electron chi connectivity index (χ1n) is 7.07. The van der Waals surface area contributed by atoms with Crippen LogP contribution in [0.3, 0.4) is 0 Å². The minimum atomic E-state index is 0.180. The largest absolute Gasteiger partial charge is 0.493 e. The van der Waals surface area contributed by atoms with Crippen LogP contribution in [0.2, 0.25) is 15.1 Å². The Balaban J connectivity index is 2.20. The fourth-order valence-electron chi connectivity index (χ4n) is 1.92. The van der Waals surface area contributed by atoms with E-state index in [4.69, 9.17) is 44.3 Å². The number of hydrogen-bond acceptors (Lipinski definition) is 4. The molecule has 0 aliphatic heterocycles. The zero-order chi connectivity index (χ0) is 17.7. The molecule has 0 amide bonds. The molecule has 7 heteroatoms. The molecule has 0 fully saturated rings. The second-order valence-electron chi connectivity index (χ2n) is 5.11. The summed E-state index contributed by atoms with van der Waals surface area (Å²) in [5, 5.41) is 7.21. The first kappa shape index (κ1) is 18.7. The Labute approximate surface area is 156 Å². The summed E-state index contributed by atoms with van der Waals surface area (Å²) in [6.45, 7) is 0.180. The number of methoxy groups -OCH3 is 1. The summed E-state index contributed by atoms with van der Waals surface area (Å²) >= 11 is 18.4. The third-order valence-corrected chi connectivity index (χ3v) is 4.33. The number of rotatable bonds is 6. The van der Waals surface area contributed by atoms with Gasteiger partial charge in [0.05, 0.1) is 23.4 Å². The highest BCUT2D eigenvalue weighted by Crippen LogP contribution is 2.34. The third kappa shape index (κ3) is 4.69. The number of nitrogens with zero attached hydrogens (tertiary/aromatic N) is 2. The van der Waals surface area contributed by atoms with Gasteiger partial charge in [-0.15, -0.1) is 0 Å². The van der Waals surface area contributed by atoms with Crippen LogP contribution in [0.25, 0.3) is 0 Å². The van der Waals surface area contributed by atoms with Crippen LogP contribution in [0.15, 0.2) is 35.4 Å². The molecule has 0 aromatic heterocycles. The van der Waals surface area contributed by atoms with Crippen LogP contribution in [0.4, 0.5) is 0 Å². The van der Waals surface area contributed by atoms with E-state index >= 15 is 0 Å². The molecule has 0 N–H and O–H groups in total. The van der Waals surface area contributed by atoms with Gasteiger partial charge in [0, 0.05) is 24.7 Å². The zero-order valence-corrected chi connectivity index (χ0v) is 15.8. The van der Waals surface area contributed by atoms with Crippen molar-refractivity contribution in [3.63, 3.8) is 0 Å². The molecule has 0 unspecified atom stereocenters. The maximum absolute atomic E-state index is 6.18. The molecule has 0 atom stereocenters. The highest BCUT2D eigenvalue weighted by molar-refractivity contribution is 6.44. The smallest absolute Gasteiger partial charge is 0.161 e. The molecule has 2 rings (SSSR count). The van der Waals surface area contributed by atoms with Crippen molar-refractivity contribution in [3.8, 4) is 11.5 Å². The summed E-state index contributed by atoms with van der Waals surface area (Å²) in [6, 6.07) is 8.86. The van der Waals surface area contributed by atoms with Crippen LogP contribution in [-0.4, -0.2) is 32.4 Å². The van der Waals surface area contributed by atoms with Crippen molar-refractivity contribution in [3.05, 3.63) is 56.5 Å². The van der Waals surface area contributed by atoms with Gasteiger partial charge < -0.3 is 14.5 Å². The van der Waals surface area contributed by atoms with Crippen molar-refractivity contribution in [2.45, 2.75) is 6.61 Å². The van der Waals surface area contributed by atoms with Gasteiger partial charge in [0.1, 0.15) is 6.61 Å². The second kappa shape index (κ2) is 8.47. The van der Waals surface area contributed by atoms with Crippen LogP contribution in [0.5, 0.6) is 11.5 Å². The maximum atomic E-state index is 6.18. The Kier molecular flexibility index (Phi) is 6.60.